The first kappa shape index (κ1) is 11.9. The number of rotatable bonds is 3. The zero-order valence-corrected chi connectivity index (χ0v) is 9.97. The van der Waals surface area contributed by atoms with Crippen molar-refractivity contribution in [3.63, 3.8) is 0 Å². The van der Waals surface area contributed by atoms with E-state index in [4.69, 9.17) is 12.2 Å². The number of alkyl halides is 2. The summed E-state index contributed by atoms with van der Waals surface area (Å²) in [7, 11) is 0. The van der Waals surface area contributed by atoms with Gasteiger partial charge in [0.25, 0.3) is 0 Å². The largest absolute Gasteiger partial charge is 0.306 e. The van der Waals surface area contributed by atoms with Crippen molar-refractivity contribution >= 4 is 12.2 Å². The van der Waals surface area contributed by atoms with Crippen LogP contribution in [-0.2, 0) is 5.92 Å². The molecule has 2 rings (SSSR count). The van der Waals surface area contributed by atoms with Gasteiger partial charge in [-0.15, -0.1) is 0 Å². The van der Waals surface area contributed by atoms with Gasteiger partial charge in [-0.1, -0.05) is 25.1 Å². The van der Waals surface area contributed by atoms with E-state index in [1.165, 1.54) is 11.5 Å². The molecule has 0 bridgehead atoms. The van der Waals surface area contributed by atoms with Gasteiger partial charge in [0.05, 0.1) is 0 Å². The highest BCUT2D eigenvalue weighted by Gasteiger charge is 2.35. The minimum atomic E-state index is -3.00. The lowest BCUT2D eigenvalue weighted by Gasteiger charge is -2.14. The lowest BCUT2D eigenvalue weighted by molar-refractivity contribution is -0.0193. The normalized spacial score (nSPS) is 11.7. The topological polar surface area (TPSA) is 33.6 Å². The maximum absolute atomic E-state index is 13.7. The first-order valence-electron chi connectivity index (χ1n) is 5.17. The van der Waals surface area contributed by atoms with Gasteiger partial charge >= 0.3 is 5.92 Å². The Balaban J connectivity index is 2.63. The Labute approximate surface area is 102 Å². The van der Waals surface area contributed by atoms with Crippen LogP contribution in [0.1, 0.15) is 19.2 Å². The van der Waals surface area contributed by atoms with Crippen molar-refractivity contribution in [1.29, 1.82) is 0 Å². The van der Waals surface area contributed by atoms with E-state index < -0.39 is 5.92 Å². The lowest BCUT2D eigenvalue weighted by atomic mass is 10.2. The van der Waals surface area contributed by atoms with Crippen LogP contribution < -0.4 is 0 Å². The van der Waals surface area contributed by atoms with Crippen LogP contribution in [0.2, 0.25) is 0 Å². The Morgan fingerprint density at radius 3 is 2.59 bits per heavy atom. The molecule has 90 valence electrons. The first-order valence-corrected chi connectivity index (χ1v) is 5.58. The second-order valence-corrected chi connectivity index (χ2v) is 3.97. The summed E-state index contributed by atoms with van der Waals surface area (Å²) in [5.41, 5.74) is 0.578. The number of H-pyrrole nitrogens is 1. The molecule has 0 aliphatic rings. The van der Waals surface area contributed by atoms with E-state index in [1.54, 1.807) is 24.3 Å². The maximum atomic E-state index is 13.7. The summed E-state index contributed by atoms with van der Waals surface area (Å²) in [6.45, 7) is 1.41. The molecule has 1 N–H and O–H groups in total. The van der Waals surface area contributed by atoms with Gasteiger partial charge < -0.3 is 0 Å². The number of hydrogen-bond acceptors (Lipinski definition) is 2. The molecule has 1 aromatic heterocycles. The van der Waals surface area contributed by atoms with Crippen molar-refractivity contribution < 1.29 is 8.78 Å². The molecule has 17 heavy (non-hydrogen) atoms. The zero-order chi connectivity index (χ0) is 12.5. The molecule has 2 aromatic rings. The van der Waals surface area contributed by atoms with E-state index in [0.717, 1.165) is 0 Å². The summed E-state index contributed by atoms with van der Waals surface area (Å²) in [4.78, 5) is 0. The Hall–Kier alpha value is -1.56. The van der Waals surface area contributed by atoms with Crippen molar-refractivity contribution in [3.8, 4) is 5.69 Å². The highest BCUT2D eigenvalue weighted by Crippen LogP contribution is 2.31. The van der Waals surface area contributed by atoms with Crippen LogP contribution in [-0.4, -0.2) is 14.8 Å². The molecule has 0 radical (unpaired) electrons. The van der Waals surface area contributed by atoms with Crippen LogP contribution in [0.25, 0.3) is 5.69 Å². The summed E-state index contributed by atoms with van der Waals surface area (Å²) in [6.07, 6.45) is -0.320. The molecule has 0 aliphatic heterocycles. The molecular formula is C11H11F2N3S. The van der Waals surface area contributed by atoms with E-state index in [-0.39, 0.29) is 17.0 Å². The van der Waals surface area contributed by atoms with Gasteiger partial charge in [0.1, 0.15) is 0 Å². The van der Waals surface area contributed by atoms with Gasteiger partial charge in [0.15, 0.2) is 4.77 Å². The average molecular weight is 255 g/mol. The predicted molar refractivity (Wildman–Crippen MR) is 62.9 cm³/mol. The fraction of sp³-hybridized carbons (Fsp3) is 0.273. The van der Waals surface area contributed by atoms with Crippen molar-refractivity contribution in [2.75, 3.05) is 0 Å². The number of hydrogen-bond donors (Lipinski definition) is 1. The molecule has 0 unspecified atom stereocenters. The van der Waals surface area contributed by atoms with E-state index in [2.05, 4.69) is 10.2 Å². The van der Waals surface area contributed by atoms with Crippen molar-refractivity contribution in [2.45, 2.75) is 19.3 Å². The third-order valence-corrected chi connectivity index (χ3v) is 2.73. The van der Waals surface area contributed by atoms with E-state index >= 15 is 0 Å². The smallest absolute Gasteiger partial charge is 0.267 e. The molecule has 1 heterocycles. The SMILES string of the molecule is CCC(F)(F)c1n[nH]c(=S)n1-c1ccccc1. The number of nitrogens with one attached hydrogen (secondary N) is 1. The van der Waals surface area contributed by atoms with E-state index in [9.17, 15) is 8.78 Å². The molecule has 0 amide bonds. The summed E-state index contributed by atoms with van der Waals surface area (Å²) >= 11 is 4.98. The highest BCUT2D eigenvalue weighted by atomic mass is 32.1. The monoisotopic (exact) mass is 255 g/mol. The van der Waals surface area contributed by atoms with Crippen molar-refractivity contribution in [3.05, 3.63) is 40.9 Å². The number of benzene rings is 1. The molecule has 6 heteroatoms. The van der Waals surface area contributed by atoms with Gasteiger partial charge in [0.2, 0.25) is 5.82 Å². The third-order valence-electron chi connectivity index (χ3n) is 2.46. The molecule has 0 aliphatic carbocycles. The van der Waals surface area contributed by atoms with Crippen LogP contribution in [0.15, 0.2) is 30.3 Å². The van der Waals surface area contributed by atoms with Crippen molar-refractivity contribution in [2.24, 2.45) is 0 Å². The Bertz CT molecular complexity index is 560. The zero-order valence-electron chi connectivity index (χ0n) is 9.15. The fourth-order valence-corrected chi connectivity index (χ4v) is 1.75. The number of aromatic amines is 1. The van der Waals surface area contributed by atoms with E-state index in [1.807, 2.05) is 6.07 Å². The van der Waals surface area contributed by atoms with E-state index in [0.29, 0.717) is 5.69 Å². The molecule has 0 saturated carbocycles. The minimum Gasteiger partial charge on any atom is -0.267 e. The Kier molecular flexibility index (Phi) is 3.06. The number of para-hydroxylation sites is 1. The van der Waals surface area contributed by atoms with Crippen LogP contribution in [0.5, 0.6) is 0 Å². The molecule has 0 fully saturated rings. The molecule has 3 nitrogen and oxygen atoms in total. The van der Waals surface area contributed by atoms with Crippen molar-refractivity contribution in [1.82, 2.24) is 14.8 Å². The van der Waals surface area contributed by atoms with Crippen LogP contribution in [0.3, 0.4) is 0 Å². The molecule has 0 atom stereocenters. The molecule has 1 aromatic carbocycles. The third kappa shape index (κ3) is 2.12. The number of aromatic nitrogens is 3. The average Bonchev–Trinajstić information content (AvgIpc) is 2.73. The summed E-state index contributed by atoms with van der Waals surface area (Å²) in [5.74, 6) is -3.35. The van der Waals surface area contributed by atoms with Gasteiger partial charge in [0, 0.05) is 12.1 Å². The maximum Gasteiger partial charge on any atom is 0.306 e. The van der Waals surface area contributed by atoms with Crippen LogP contribution in [0, 0.1) is 4.77 Å². The lowest BCUT2D eigenvalue weighted by Crippen LogP contribution is -2.18. The first-order chi connectivity index (χ1) is 8.06. The van der Waals surface area contributed by atoms with Gasteiger partial charge in [-0.05, 0) is 24.4 Å². The minimum absolute atomic E-state index is 0.166. The van der Waals surface area contributed by atoms with Crippen LogP contribution in [0.4, 0.5) is 8.78 Å². The molecule has 0 saturated heterocycles. The highest BCUT2D eigenvalue weighted by molar-refractivity contribution is 7.71. The predicted octanol–water partition coefficient (Wildman–Crippen LogP) is 3.43. The number of nitrogens with zero attached hydrogens (tertiary/aromatic N) is 2. The standard InChI is InChI=1S/C11H11F2N3S/c1-2-11(12,13)9-14-15-10(17)16(9)8-6-4-3-5-7-8/h3-7H,2H2,1H3,(H,15,17). The summed E-state index contributed by atoms with van der Waals surface area (Å²) in [5, 5.41) is 6.04. The van der Waals surface area contributed by atoms with Crippen LogP contribution >= 0.6 is 12.2 Å². The van der Waals surface area contributed by atoms with Gasteiger partial charge in [-0.25, -0.2) is 0 Å². The van der Waals surface area contributed by atoms with Gasteiger partial charge in [-0.3, -0.25) is 9.67 Å². The second kappa shape index (κ2) is 4.37. The van der Waals surface area contributed by atoms with Gasteiger partial charge in [-0.2, -0.15) is 13.9 Å². The second-order valence-electron chi connectivity index (χ2n) is 3.58. The molecular weight excluding hydrogens is 244 g/mol. The summed E-state index contributed by atoms with van der Waals surface area (Å²) in [6, 6.07) is 8.75. The fourth-order valence-electron chi connectivity index (χ4n) is 1.52. The Morgan fingerprint density at radius 2 is 2.00 bits per heavy atom. The quantitative estimate of drug-likeness (QED) is 0.852. The molecule has 0 spiro atoms. The Morgan fingerprint density at radius 1 is 1.35 bits per heavy atom. The number of halogens is 2. The summed E-state index contributed by atoms with van der Waals surface area (Å²) < 4.78 is 28.8.